The highest BCUT2D eigenvalue weighted by atomic mass is 35.5. The molecule has 0 spiro atoms. The molecule has 158 valence electrons. The van der Waals surface area contributed by atoms with Gasteiger partial charge < -0.3 is 14.8 Å². The second kappa shape index (κ2) is 11.1. The summed E-state index contributed by atoms with van der Waals surface area (Å²) in [6, 6.07) is 12.2. The number of hydrogen-bond acceptors (Lipinski definition) is 4. The van der Waals surface area contributed by atoms with Gasteiger partial charge in [-0.05, 0) is 68.2 Å². The van der Waals surface area contributed by atoms with Crippen molar-refractivity contribution in [2.75, 3.05) is 26.2 Å². The summed E-state index contributed by atoms with van der Waals surface area (Å²) in [5.74, 6) is 1.27. The van der Waals surface area contributed by atoms with Crippen LogP contribution in [0.15, 0.2) is 36.4 Å². The number of nitrogens with one attached hydrogen (secondary N) is 1. The third-order valence-corrected chi connectivity index (χ3v) is 5.81. The second-order valence-corrected chi connectivity index (χ2v) is 8.15. The number of nitrogens with zero attached hydrogens (tertiary/aromatic N) is 1. The fourth-order valence-corrected chi connectivity index (χ4v) is 4.20. The first-order valence-electron chi connectivity index (χ1n) is 10.4. The molecular weight excluding hydrogens is 407 g/mol. The van der Waals surface area contributed by atoms with E-state index in [2.05, 4.69) is 17.1 Å². The van der Waals surface area contributed by atoms with E-state index in [1.54, 1.807) is 0 Å². The molecule has 6 heteroatoms. The molecular formula is C23H30Cl2N2O2. The smallest absolute Gasteiger partial charge is 0.180 e. The van der Waals surface area contributed by atoms with Crippen molar-refractivity contribution in [3.05, 3.63) is 57.6 Å². The minimum absolute atomic E-state index is 0.406. The van der Waals surface area contributed by atoms with Gasteiger partial charge in [-0.3, -0.25) is 4.90 Å². The van der Waals surface area contributed by atoms with Crippen molar-refractivity contribution in [3.63, 3.8) is 0 Å². The molecule has 0 bridgehead atoms. The van der Waals surface area contributed by atoms with E-state index in [4.69, 9.17) is 32.7 Å². The largest absolute Gasteiger partial charge is 0.490 e. The van der Waals surface area contributed by atoms with Crippen LogP contribution in [0.4, 0.5) is 0 Å². The van der Waals surface area contributed by atoms with Crippen LogP contribution in [-0.4, -0.2) is 37.2 Å². The van der Waals surface area contributed by atoms with Gasteiger partial charge in [0.05, 0.1) is 11.6 Å². The topological polar surface area (TPSA) is 33.7 Å². The maximum Gasteiger partial charge on any atom is 0.180 e. The molecule has 2 aromatic rings. The van der Waals surface area contributed by atoms with Gasteiger partial charge in [0.2, 0.25) is 0 Å². The standard InChI is InChI=1S/C23H30Cl2N2O2/c1-3-27-11-5-6-20(27)15-26-14-18-12-21(25)23(22(13-18)28-4-2)29-16-17-7-9-19(24)10-8-17/h7-10,12-13,20,26H,3-6,11,14-16H2,1-2H3. The highest BCUT2D eigenvalue weighted by molar-refractivity contribution is 6.32. The number of halogens is 2. The Morgan fingerprint density at radius 1 is 1.07 bits per heavy atom. The van der Waals surface area contributed by atoms with Crippen LogP contribution in [-0.2, 0) is 13.2 Å². The number of hydrogen-bond donors (Lipinski definition) is 1. The highest BCUT2D eigenvalue weighted by Gasteiger charge is 2.22. The van der Waals surface area contributed by atoms with Gasteiger partial charge in [-0.1, -0.05) is 42.3 Å². The Hall–Kier alpha value is -1.46. The monoisotopic (exact) mass is 436 g/mol. The summed E-state index contributed by atoms with van der Waals surface area (Å²) < 4.78 is 11.8. The molecule has 2 aromatic carbocycles. The summed E-state index contributed by atoms with van der Waals surface area (Å²) in [5.41, 5.74) is 2.12. The van der Waals surface area contributed by atoms with Crippen LogP contribution in [0.5, 0.6) is 11.5 Å². The van der Waals surface area contributed by atoms with E-state index in [0.29, 0.717) is 40.8 Å². The number of likely N-dealkylation sites (tertiary alicyclic amines) is 1. The lowest BCUT2D eigenvalue weighted by atomic mass is 10.1. The first kappa shape index (κ1) is 22.2. The van der Waals surface area contributed by atoms with Crippen LogP contribution in [0, 0.1) is 0 Å². The molecule has 1 unspecified atom stereocenters. The van der Waals surface area contributed by atoms with E-state index in [0.717, 1.165) is 30.8 Å². The van der Waals surface area contributed by atoms with E-state index in [1.165, 1.54) is 19.4 Å². The van der Waals surface area contributed by atoms with E-state index in [9.17, 15) is 0 Å². The zero-order chi connectivity index (χ0) is 20.6. The molecule has 1 heterocycles. The third-order valence-electron chi connectivity index (χ3n) is 5.28. The minimum atomic E-state index is 0.406. The second-order valence-electron chi connectivity index (χ2n) is 7.31. The Morgan fingerprint density at radius 3 is 2.59 bits per heavy atom. The lowest BCUT2D eigenvalue weighted by Crippen LogP contribution is -2.37. The normalized spacial score (nSPS) is 16.9. The van der Waals surface area contributed by atoms with E-state index >= 15 is 0 Å². The Morgan fingerprint density at radius 2 is 1.86 bits per heavy atom. The van der Waals surface area contributed by atoms with E-state index in [-0.39, 0.29) is 0 Å². The molecule has 0 aromatic heterocycles. The van der Waals surface area contributed by atoms with Crippen molar-refractivity contribution in [3.8, 4) is 11.5 Å². The molecule has 0 saturated carbocycles. The average molecular weight is 437 g/mol. The molecule has 1 saturated heterocycles. The highest BCUT2D eigenvalue weighted by Crippen LogP contribution is 2.37. The van der Waals surface area contributed by atoms with Crippen LogP contribution in [0.25, 0.3) is 0 Å². The van der Waals surface area contributed by atoms with Crippen LogP contribution in [0.3, 0.4) is 0 Å². The van der Waals surface area contributed by atoms with Gasteiger partial charge in [0.25, 0.3) is 0 Å². The summed E-state index contributed by atoms with van der Waals surface area (Å²) >= 11 is 12.5. The van der Waals surface area contributed by atoms with E-state index in [1.807, 2.05) is 43.3 Å². The SMILES string of the molecule is CCOc1cc(CNCC2CCCN2CC)cc(Cl)c1OCc1ccc(Cl)cc1. The zero-order valence-electron chi connectivity index (χ0n) is 17.2. The zero-order valence-corrected chi connectivity index (χ0v) is 18.7. The van der Waals surface area contributed by atoms with Crippen molar-refractivity contribution in [1.29, 1.82) is 0 Å². The van der Waals surface area contributed by atoms with Gasteiger partial charge in [-0.15, -0.1) is 0 Å². The Labute approximate surface area is 184 Å². The van der Waals surface area contributed by atoms with Crippen molar-refractivity contribution >= 4 is 23.2 Å². The molecule has 29 heavy (non-hydrogen) atoms. The Bertz CT molecular complexity index is 783. The maximum absolute atomic E-state index is 6.55. The molecule has 3 rings (SSSR count). The quantitative estimate of drug-likeness (QED) is 0.529. The minimum Gasteiger partial charge on any atom is -0.490 e. The lowest BCUT2D eigenvalue weighted by molar-refractivity contribution is 0.259. The molecule has 1 aliphatic heterocycles. The van der Waals surface area contributed by atoms with E-state index < -0.39 is 0 Å². The molecule has 1 N–H and O–H groups in total. The Balaban J connectivity index is 1.63. The predicted molar refractivity (Wildman–Crippen MR) is 120 cm³/mol. The number of rotatable bonds is 10. The molecule has 1 fully saturated rings. The van der Waals surface area contributed by atoms with Crippen LogP contribution in [0.2, 0.25) is 10.0 Å². The average Bonchev–Trinajstić information content (AvgIpc) is 3.16. The fourth-order valence-electron chi connectivity index (χ4n) is 3.79. The van der Waals surface area contributed by atoms with Gasteiger partial charge in [0.1, 0.15) is 6.61 Å². The molecule has 0 aliphatic carbocycles. The molecule has 0 radical (unpaired) electrons. The van der Waals surface area contributed by atoms with Gasteiger partial charge in [0, 0.05) is 24.2 Å². The van der Waals surface area contributed by atoms with Gasteiger partial charge in [-0.25, -0.2) is 0 Å². The molecule has 1 atom stereocenters. The van der Waals surface area contributed by atoms with Crippen molar-refractivity contribution < 1.29 is 9.47 Å². The predicted octanol–water partition coefficient (Wildman–Crippen LogP) is 5.55. The molecule has 4 nitrogen and oxygen atoms in total. The lowest BCUT2D eigenvalue weighted by Gasteiger charge is -2.23. The van der Waals surface area contributed by atoms with Gasteiger partial charge >= 0.3 is 0 Å². The number of ether oxygens (including phenoxy) is 2. The van der Waals surface area contributed by atoms with Crippen molar-refractivity contribution in [2.24, 2.45) is 0 Å². The number of likely N-dealkylation sites (N-methyl/N-ethyl adjacent to an activating group) is 1. The summed E-state index contributed by atoms with van der Waals surface area (Å²) in [7, 11) is 0. The third kappa shape index (κ3) is 6.26. The molecule has 1 aliphatic rings. The first-order valence-corrected chi connectivity index (χ1v) is 11.1. The summed E-state index contributed by atoms with van der Waals surface area (Å²) in [4.78, 5) is 2.54. The van der Waals surface area contributed by atoms with Crippen molar-refractivity contribution in [1.82, 2.24) is 10.2 Å². The van der Waals surface area contributed by atoms with Gasteiger partial charge in [-0.2, -0.15) is 0 Å². The number of benzene rings is 2. The van der Waals surface area contributed by atoms with Crippen LogP contribution < -0.4 is 14.8 Å². The van der Waals surface area contributed by atoms with Crippen LogP contribution in [0.1, 0.15) is 37.8 Å². The summed E-state index contributed by atoms with van der Waals surface area (Å²) in [6.07, 6.45) is 2.56. The summed E-state index contributed by atoms with van der Waals surface area (Å²) in [5, 5.41) is 4.85. The van der Waals surface area contributed by atoms with Crippen molar-refractivity contribution in [2.45, 2.75) is 45.9 Å². The molecule has 0 amide bonds. The summed E-state index contributed by atoms with van der Waals surface area (Å²) in [6.45, 7) is 9.22. The fraction of sp³-hybridized carbons (Fsp3) is 0.478. The first-order chi connectivity index (χ1) is 14.1. The van der Waals surface area contributed by atoms with Gasteiger partial charge in [0.15, 0.2) is 11.5 Å². The van der Waals surface area contributed by atoms with Crippen LogP contribution >= 0.6 is 23.2 Å². The Kier molecular flexibility index (Phi) is 8.49. The maximum atomic E-state index is 6.55.